The van der Waals surface area contributed by atoms with E-state index in [2.05, 4.69) is 29.1 Å². The van der Waals surface area contributed by atoms with Crippen molar-refractivity contribution < 1.29 is 5.11 Å². The second-order valence-electron chi connectivity index (χ2n) is 4.06. The lowest BCUT2D eigenvalue weighted by molar-refractivity contribution is 0.194. The summed E-state index contributed by atoms with van der Waals surface area (Å²) < 4.78 is 0. The van der Waals surface area contributed by atoms with Crippen LogP contribution in [0.2, 0.25) is 0 Å². The van der Waals surface area contributed by atoms with Crippen molar-refractivity contribution in [3.05, 3.63) is 18.6 Å². The van der Waals surface area contributed by atoms with Gasteiger partial charge >= 0.3 is 0 Å². The molecule has 1 heterocycles. The van der Waals surface area contributed by atoms with Crippen LogP contribution in [0, 0.1) is 5.92 Å². The number of nitrogens with zero attached hydrogens (tertiary/aromatic N) is 2. The largest absolute Gasteiger partial charge is 0.391 e. The minimum absolute atomic E-state index is 0.342. The van der Waals surface area contributed by atoms with Crippen molar-refractivity contribution in [2.24, 2.45) is 5.92 Å². The molecule has 90 valence electrons. The van der Waals surface area contributed by atoms with E-state index in [4.69, 9.17) is 0 Å². The third-order valence-corrected chi connectivity index (χ3v) is 2.95. The van der Waals surface area contributed by atoms with E-state index in [1.165, 1.54) is 11.8 Å². The highest BCUT2D eigenvalue weighted by Gasteiger charge is 2.05. The molecule has 0 saturated carbocycles. The summed E-state index contributed by atoms with van der Waals surface area (Å²) in [5.41, 5.74) is 0. The number of aliphatic hydroxyl groups excluding tert-OH is 1. The van der Waals surface area contributed by atoms with Gasteiger partial charge in [0.1, 0.15) is 5.03 Å². The Kier molecular flexibility index (Phi) is 6.37. The summed E-state index contributed by atoms with van der Waals surface area (Å²) in [4.78, 5) is 8.10. The third-order valence-electron chi connectivity index (χ3n) is 1.90. The van der Waals surface area contributed by atoms with Gasteiger partial charge in [-0.15, -0.1) is 11.8 Å². The summed E-state index contributed by atoms with van der Waals surface area (Å²) in [6.07, 6.45) is 4.67. The Morgan fingerprint density at radius 3 is 2.81 bits per heavy atom. The van der Waals surface area contributed by atoms with E-state index < -0.39 is 0 Å². The highest BCUT2D eigenvalue weighted by molar-refractivity contribution is 7.99. The molecule has 1 aromatic rings. The zero-order chi connectivity index (χ0) is 11.8. The van der Waals surface area contributed by atoms with Crippen molar-refractivity contribution in [1.82, 2.24) is 15.3 Å². The first kappa shape index (κ1) is 13.4. The van der Waals surface area contributed by atoms with Crippen molar-refractivity contribution >= 4 is 11.8 Å². The Labute approximate surface area is 101 Å². The molecule has 1 aromatic heterocycles. The Morgan fingerprint density at radius 2 is 2.19 bits per heavy atom. The molecule has 0 saturated heterocycles. The maximum atomic E-state index is 9.69. The second-order valence-corrected chi connectivity index (χ2v) is 5.10. The van der Waals surface area contributed by atoms with Gasteiger partial charge in [0, 0.05) is 24.7 Å². The third kappa shape index (κ3) is 6.05. The standard InChI is InChI=1S/C11H19N3OS/c1-9(2)5-13-6-10(15)8-16-11-7-12-3-4-14-11/h3-4,7,9-10,13,15H,5-6,8H2,1-2H3. The van der Waals surface area contributed by atoms with E-state index in [0.717, 1.165) is 11.6 Å². The number of hydrogen-bond acceptors (Lipinski definition) is 5. The number of rotatable bonds is 7. The van der Waals surface area contributed by atoms with Crippen LogP contribution in [0.15, 0.2) is 23.6 Å². The van der Waals surface area contributed by atoms with E-state index in [1.807, 2.05) is 0 Å². The Hall–Kier alpha value is -0.650. The maximum Gasteiger partial charge on any atom is 0.114 e. The van der Waals surface area contributed by atoms with Crippen LogP contribution in [-0.4, -0.2) is 40.0 Å². The predicted molar refractivity (Wildman–Crippen MR) is 66.5 cm³/mol. The van der Waals surface area contributed by atoms with Gasteiger partial charge in [0.2, 0.25) is 0 Å². The first-order valence-corrected chi connectivity index (χ1v) is 6.44. The molecular weight excluding hydrogens is 222 g/mol. The fourth-order valence-corrected chi connectivity index (χ4v) is 1.89. The zero-order valence-corrected chi connectivity index (χ0v) is 10.6. The predicted octanol–water partition coefficient (Wildman–Crippen LogP) is 1.18. The van der Waals surface area contributed by atoms with Gasteiger partial charge in [0.15, 0.2) is 0 Å². The van der Waals surface area contributed by atoms with Crippen molar-refractivity contribution in [2.75, 3.05) is 18.8 Å². The van der Waals surface area contributed by atoms with Gasteiger partial charge in [0.05, 0.1) is 12.3 Å². The molecule has 1 atom stereocenters. The molecule has 1 rings (SSSR count). The van der Waals surface area contributed by atoms with Gasteiger partial charge in [0.25, 0.3) is 0 Å². The Balaban J connectivity index is 2.13. The first-order valence-electron chi connectivity index (χ1n) is 5.46. The normalized spacial score (nSPS) is 13.0. The molecule has 5 heteroatoms. The van der Waals surface area contributed by atoms with Crippen LogP contribution in [0.4, 0.5) is 0 Å². The van der Waals surface area contributed by atoms with Crippen molar-refractivity contribution in [1.29, 1.82) is 0 Å². The number of thioether (sulfide) groups is 1. The minimum Gasteiger partial charge on any atom is -0.391 e. The molecule has 16 heavy (non-hydrogen) atoms. The highest BCUT2D eigenvalue weighted by Crippen LogP contribution is 2.13. The molecule has 0 aromatic carbocycles. The minimum atomic E-state index is -0.342. The molecule has 2 N–H and O–H groups in total. The fraction of sp³-hybridized carbons (Fsp3) is 0.636. The summed E-state index contributed by atoms with van der Waals surface area (Å²) in [6.45, 7) is 5.86. The smallest absolute Gasteiger partial charge is 0.114 e. The molecule has 0 bridgehead atoms. The van der Waals surface area contributed by atoms with Gasteiger partial charge in [-0.05, 0) is 12.5 Å². The maximum absolute atomic E-state index is 9.69. The number of hydrogen-bond donors (Lipinski definition) is 2. The summed E-state index contributed by atoms with van der Waals surface area (Å²) in [5.74, 6) is 1.25. The number of aliphatic hydroxyl groups is 1. The van der Waals surface area contributed by atoms with Crippen LogP contribution in [0.5, 0.6) is 0 Å². The average molecular weight is 241 g/mol. The lowest BCUT2D eigenvalue weighted by atomic mass is 10.2. The van der Waals surface area contributed by atoms with Gasteiger partial charge < -0.3 is 10.4 Å². The SMILES string of the molecule is CC(C)CNCC(O)CSc1cnccn1. The van der Waals surface area contributed by atoms with Crippen molar-refractivity contribution in [2.45, 2.75) is 25.0 Å². The van der Waals surface area contributed by atoms with Gasteiger partial charge in [-0.25, -0.2) is 4.98 Å². The highest BCUT2D eigenvalue weighted by atomic mass is 32.2. The molecule has 0 fully saturated rings. The summed E-state index contributed by atoms with van der Waals surface area (Å²) in [7, 11) is 0. The molecular formula is C11H19N3OS. The van der Waals surface area contributed by atoms with E-state index in [9.17, 15) is 5.11 Å². The molecule has 0 aliphatic carbocycles. The molecule has 0 aliphatic heterocycles. The summed E-state index contributed by atoms with van der Waals surface area (Å²) in [6, 6.07) is 0. The van der Waals surface area contributed by atoms with Crippen LogP contribution in [0.25, 0.3) is 0 Å². The van der Waals surface area contributed by atoms with Crippen LogP contribution in [0.1, 0.15) is 13.8 Å². The Morgan fingerprint density at radius 1 is 1.38 bits per heavy atom. The molecule has 0 amide bonds. The van der Waals surface area contributed by atoms with E-state index >= 15 is 0 Å². The molecule has 0 aliphatic rings. The lowest BCUT2D eigenvalue weighted by Crippen LogP contribution is -2.31. The molecule has 0 radical (unpaired) electrons. The van der Waals surface area contributed by atoms with E-state index in [-0.39, 0.29) is 6.10 Å². The fourth-order valence-electron chi connectivity index (χ4n) is 1.14. The first-order chi connectivity index (χ1) is 7.68. The van der Waals surface area contributed by atoms with Gasteiger partial charge in [-0.2, -0.15) is 0 Å². The summed E-state index contributed by atoms with van der Waals surface area (Å²) in [5, 5.41) is 13.8. The number of aromatic nitrogens is 2. The second kappa shape index (κ2) is 7.60. The quantitative estimate of drug-likeness (QED) is 0.702. The monoisotopic (exact) mass is 241 g/mol. The van der Waals surface area contributed by atoms with Crippen molar-refractivity contribution in [3.63, 3.8) is 0 Å². The van der Waals surface area contributed by atoms with Gasteiger partial charge in [-0.1, -0.05) is 13.8 Å². The van der Waals surface area contributed by atoms with Gasteiger partial charge in [-0.3, -0.25) is 4.98 Å². The Bertz CT molecular complexity index is 282. The number of nitrogens with one attached hydrogen (secondary N) is 1. The molecule has 0 spiro atoms. The lowest BCUT2D eigenvalue weighted by Gasteiger charge is -2.12. The average Bonchev–Trinajstić information content (AvgIpc) is 2.27. The molecule has 1 unspecified atom stereocenters. The van der Waals surface area contributed by atoms with Crippen LogP contribution in [0.3, 0.4) is 0 Å². The van der Waals surface area contributed by atoms with Crippen LogP contribution < -0.4 is 5.32 Å². The van der Waals surface area contributed by atoms with Crippen LogP contribution >= 0.6 is 11.8 Å². The van der Waals surface area contributed by atoms with Crippen LogP contribution in [-0.2, 0) is 0 Å². The van der Waals surface area contributed by atoms with E-state index in [0.29, 0.717) is 18.2 Å². The topological polar surface area (TPSA) is 58.0 Å². The zero-order valence-electron chi connectivity index (χ0n) is 9.76. The molecule has 4 nitrogen and oxygen atoms in total. The summed E-state index contributed by atoms with van der Waals surface area (Å²) >= 11 is 1.52. The van der Waals surface area contributed by atoms with E-state index in [1.54, 1.807) is 18.6 Å². The van der Waals surface area contributed by atoms with Crippen molar-refractivity contribution in [3.8, 4) is 0 Å².